The minimum absolute atomic E-state index is 0.181. The first-order valence-electron chi connectivity index (χ1n) is 10.2. The van der Waals surface area contributed by atoms with Crippen LogP contribution in [-0.4, -0.2) is 34.3 Å². The van der Waals surface area contributed by atoms with Gasteiger partial charge in [-0.25, -0.2) is 4.79 Å². The topological polar surface area (TPSA) is 106 Å². The first-order valence-corrected chi connectivity index (χ1v) is 10.2. The van der Waals surface area contributed by atoms with Gasteiger partial charge >= 0.3 is 6.09 Å². The fourth-order valence-corrected chi connectivity index (χ4v) is 3.10. The van der Waals surface area contributed by atoms with Gasteiger partial charge in [0.1, 0.15) is 5.60 Å². The van der Waals surface area contributed by atoms with Crippen LogP contribution in [0.25, 0.3) is 10.8 Å². The third kappa shape index (κ3) is 6.80. The van der Waals surface area contributed by atoms with E-state index in [0.29, 0.717) is 18.1 Å². The van der Waals surface area contributed by atoms with Gasteiger partial charge < -0.3 is 19.9 Å². The van der Waals surface area contributed by atoms with Crippen LogP contribution in [0.2, 0.25) is 0 Å². The van der Waals surface area contributed by atoms with Crippen molar-refractivity contribution in [1.82, 2.24) is 20.8 Å². The summed E-state index contributed by atoms with van der Waals surface area (Å²) in [5.74, 6) is 0.771. The number of aryl methyl sites for hydroxylation is 2. The molecule has 0 aliphatic rings. The number of nitrogens with one attached hydrogen (secondary N) is 2. The second kappa shape index (κ2) is 9.59. The van der Waals surface area contributed by atoms with Gasteiger partial charge in [0.15, 0.2) is 5.82 Å². The smallest absolute Gasteiger partial charge is 0.407 e. The Kier molecular flexibility index (Phi) is 6.89. The molecular weight excluding hydrogens is 396 g/mol. The Morgan fingerprint density at radius 2 is 1.87 bits per heavy atom. The Balaban J connectivity index is 1.70. The van der Waals surface area contributed by atoms with E-state index in [9.17, 15) is 9.59 Å². The summed E-state index contributed by atoms with van der Waals surface area (Å²) in [5, 5.41) is 11.6. The van der Waals surface area contributed by atoms with E-state index >= 15 is 0 Å². The van der Waals surface area contributed by atoms with E-state index in [1.165, 1.54) is 0 Å². The molecule has 0 spiro atoms. The normalized spacial score (nSPS) is 12.4. The van der Waals surface area contributed by atoms with Crippen molar-refractivity contribution in [3.8, 4) is 0 Å². The van der Waals surface area contributed by atoms with Crippen LogP contribution in [0.5, 0.6) is 0 Å². The monoisotopic (exact) mass is 424 g/mol. The number of carbonyl (C=O) groups is 2. The molecular formula is C23H28N4O4. The zero-order chi connectivity index (χ0) is 22.4. The molecule has 0 aliphatic carbocycles. The maximum atomic E-state index is 12.6. The van der Waals surface area contributed by atoms with Crippen molar-refractivity contribution < 1.29 is 18.8 Å². The highest BCUT2D eigenvalue weighted by atomic mass is 16.6. The summed E-state index contributed by atoms with van der Waals surface area (Å²) in [6.07, 6.45) is 0.00302. The molecule has 2 N–H and O–H groups in total. The first-order chi connectivity index (χ1) is 14.7. The van der Waals surface area contributed by atoms with E-state index in [2.05, 4.69) is 20.8 Å². The van der Waals surface area contributed by atoms with Gasteiger partial charge in [-0.05, 0) is 50.1 Å². The molecule has 1 heterocycles. The van der Waals surface area contributed by atoms with Gasteiger partial charge in [0.05, 0.1) is 6.04 Å². The molecule has 1 atom stereocenters. The number of benzene rings is 2. The maximum Gasteiger partial charge on any atom is 0.407 e. The van der Waals surface area contributed by atoms with E-state index in [1.54, 1.807) is 27.7 Å². The average molecular weight is 425 g/mol. The number of alkyl carbamates (subject to hydrolysis) is 1. The SMILES string of the molecule is Cc1noc(CCC(=O)N[C@@H](CNC(=O)OC(C)(C)C)c2ccc3ccccc3c2)n1. The third-order valence-electron chi connectivity index (χ3n) is 4.50. The molecule has 0 radical (unpaired) electrons. The van der Waals surface area contributed by atoms with Gasteiger partial charge in [0, 0.05) is 19.4 Å². The van der Waals surface area contributed by atoms with Crippen molar-refractivity contribution in [1.29, 1.82) is 0 Å². The summed E-state index contributed by atoms with van der Waals surface area (Å²) in [4.78, 5) is 28.8. The Bertz CT molecular complexity index is 1050. The number of ether oxygens (including phenoxy) is 1. The molecule has 2 amide bonds. The van der Waals surface area contributed by atoms with Gasteiger partial charge in [0.25, 0.3) is 0 Å². The van der Waals surface area contributed by atoms with E-state index in [4.69, 9.17) is 9.26 Å². The van der Waals surface area contributed by atoms with Crippen LogP contribution in [0.3, 0.4) is 0 Å². The molecule has 0 bridgehead atoms. The average Bonchev–Trinajstić information content (AvgIpc) is 3.13. The summed E-state index contributed by atoms with van der Waals surface area (Å²) in [6.45, 7) is 7.32. The van der Waals surface area contributed by atoms with E-state index in [-0.39, 0.29) is 18.9 Å². The fourth-order valence-electron chi connectivity index (χ4n) is 3.10. The minimum atomic E-state index is -0.603. The van der Waals surface area contributed by atoms with Gasteiger partial charge in [-0.1, -0.05) is 41.6 Å². The lowest BCUT2D eigenvalue weighted by Gasteiger charge is -2.23. The number of amides is 2. The standard InChI is InChI=1S/C23H28N4O4/c1-15-25-21(31-27-15)12-11-20(28)26-19(14-24-22(29)30-23(2,3)4)18-10-9-16-7-5-6-8-17(16)13-18/h5-10,13,19H,11-12,14H2,1-4H3,(H,24,29)(H,26,28)/t19-/m0/s1. The van der Waals surface area contributed by atoms with Gasteiger partial charge in [-0.15, -0.1) is 0 Å². The molecule has 0 fully saturated rings. The van der Waals surface area contributed by atoms with Crippen LogP contribution in [0.4, 0.5) is 4.79 Å². The van der Waals surface area contributed by atoms with Crippen molar-refractivity contribution in [2.45, 2.75) is 52.2 Å². The molecule has 164 valence electrons. The predicted octanol–water partition coefficient (Wildman–Crippen LogP) is 3.85. The van der Waals surface area contributed by atoms with Crippen LogP contribution < -0.4 is 10.6 Å². The molecule has 0 unspecified atom stereocenters. The van der Waals surface area contributed by atoms with Crippen molar-refractivity contribution in [3.05, 3.63) is 59.7 Å². The summed E-state index contributed by atoms with van der Waals surface area (Å²) < 4.78 is 10.4. The van der Waals surface area contributed by atoms with Gasteiger partial charge in [-0.3, -0.25) is 4.79 Å². The van der Waals surface area contributed by atoms with Crippen LogP contribution in [0, 0.1) is 6.92 Å². The molecule has 31 heavy (non-hydrogen) atoms. The largest absolute Gasteiger partial charge is 0.444 e. The number of hydrogen-bond donors (Lipinski definition) is 2. The lowest BCUT2D eigenvalue weighted by atomic mass is 10.0. The number of rotatable bonds is 7. The number of nitrogens with zero attached hydrogens (tertiary/aromatic N) is 2. The van der Waals surface area contributed by atoms with E-state index < -0.39 is 17.7 Å². The zero-order valence-electron chi connectivity index (χ0n) is 18.3. The Morgan fingerprint density at radius 1 is 1.13 bits per heavy atom. The zero-order valence-corrected chi connectivity index (χ0v) is 18.3. The maximum absolute atomic E-state index is 12.6. The first kappa shape index (κ1) is 22.3. The quantitative estimate of drug-likeness (QED) is 0.597. The predicted molar refractivity (Wildman–Crippen MR) is 116 cm³/mol. The van der Waals surface area contributed by atoms with Crippen molar-refractivity contribution >= 4 is 22.8 Å². The number of aromatic nitrogens is 2. The second-order valence-electron chi connectivity index (χ2n) is 8.34. The second-order valence-corrected chi connectivity index (χ2v) is 8.34. The third-order valence-corrected chi connectivity index (χ3v) is 4.50. The van der Waals surface area contributed by atoms with Crippen LogP contribution in [-0.2, 0) is 16.0 Å². The molecule has 8 heteroatoms. The van der Waals surface area contributed by atoms with Crippen LogP contribution >= 0.6 is 0 Å². The highest BCUT2D eigenvalue weighted by Gasteiger charge is 2.20. The number of carbonyl (C=O) groups excluding carboxylic acids is 2. The molecule has 1 aromatic heterocycles. The summed E-state index contributed by atoms with van der Waals surface area (Å²) in [5.41, 5.74) is 0.283. The summed E-state index contributed by atoms with van der Waals surface area (Å²) in [7, 11) is 0. The van der Waals surface area contributed by atoms with Gasteiger partial charge in [0.2, 0.25) is 11.8 Å². The molecule has 0 aliphatic heterocycles. The lowest BCUT2D eigenvalue weighted by Crippen LogP contribution is -2.40. The highest BCUT2D eigenvalue weighted by Crippen LogP contribution is 2.21. The number of hydrogen-bond acceptors (Lipinski definition) is 6. The van der Waals surface area contributed by atoms with Crippen molar-refractivity contribution in [2.24, 2.45) is 0 Å². The molecule has 0 saturated heterocycles. The highest BCUT2D eigenvalue weighted by molar-refractivity contribution is 5.83. The van der Waals surface area contributed by atoms with E-state index in [0.717, 1.165) is 16.3 Å². The summed E-state index contributed by atoms with van der Waals surface area (Å²) >= 11 is 0. The lowest BCUT2D eigenvalue weighted by molar-refractivity contribution is -0.121. The Morgan fingerprint density at radius 3 is 2.55 bits per heavy atom. The molecule has 3 rings (SSSR count). The summed E-state index contributed by atoms with van der Waals surface area (Å²) in [6, 6.07) is 13.5. The molecule has 8 nitrogen and oxygen atoms in total. The fraction of sp³-hybridized carbons (Fsp3) is 0.391. The van der Waals surface area contributed by atoms with Crippen LogP contribution in [0.15, 0.2) is 47.0 Å². The number of fused-ring (bicyclic) bond motifs is 1. The van der Waals surface area contributed by atoms with Crippen molar-refractivity contribution in [3.63, 3.8) is 0 Å². The Hall–Kier alpha value is -3.42. The van der Waals surface area contributed by atoms with E-state index in [1.807, 2.05) is 42.5 Å². The molecule has 0 saturated carbocycles. The molecule has 3 aromatic rings. The van der Waals surface area contributed by atoms with Gasteiger partial charge in [-0.2, -0.15) is 4.98 Å². The minimum Gasteiger partial charge on any atom is -0.444 e. The van der Waals surface area contributed by atoms with Crippen LogP contribution in [0.1, 0.15) is 50.5 Å². The Labute approximate surface area is 181 Å². The van der Waals surface area contributed by atoms with Crippen molar-refractivity contribution in [2.75, 3.05) is 6.54 Å². The molecule has 2 aromatic carbocycles.